The van der Waals surface area contributed by atoms with Gasteiger partial charge in [-0.05, 0) is 19.3 Å². The van der Waals surface area contributed by atoms with Gasteiger partial charge in [0.25, 0.3) is 0 Å². The van der Waals surface area contributed by atoms with Gasteiger partial charge in [0.15, 0.2) is 0 Å². The average Bonchev–Trinajstić information content (AvgIpc) is 2.58. The van der Waals surface area contributed by atoms with Crippen LogP contribution in [0.25, 0.3) is 0 Å². The molecule has 1 aromatic heterocycles. The summed E-state index contributed by atoms with van der Waals surface area (Å²) in [6, 6.07) is 0.817. The number of rotatable bonds is 1. The van der Waals surface area contributed by atoms with Crippen molar-refractivity contribution in [1.82, 2.24) is 9.78 Å². The van der Waals surface area contributed by atoms with Crippen LogP contribution in [0.4, 0.5) is 5.69 Å². The quantitative estimate of drug-likeness (QED) is 0.639. The number of nitrogen functional groups attached to an aromatic ring is 1. The van der Waals surface area contributed by atoms with E-state index in [4.69, 9.17) is 11.5 Å². The Morgan fingerprint density at radius 2 is 2.33 bits per heavy atom. The molecule has 2 rings (SSSR count). The SMILES string of the molecule is Nc1cnn(C2CCC(N)C2)c1. The number of hydrogen-bond donors (Lipinski definition) is 2. The van der Waals surface area contributed by atoms with E-state index in [9.17, 15) is 0 Å². The molecule has 0 amide bonds. The molecule has 2 unspecified atom stereocenters. The van der Waals surface area contributed by atoms with E-state index in [1.54, 1.807) is 6.20 Å². The second-order valence-electron chi connectivity index (χ2n) is 3.48. The average molecular weight is 166 g/mol. The minimum atomic E-state index is 0.348. The molecular formula is C8H14N4. The monoisotopic (exact) mass is 166 g/mol. The van der Waals surface area contributed by atoms with Crippen molar-refractivity contribution in [2.45, 2.75) is 31.3 Å². The number of anilines is 1. The van der Waals surface area contributed by atoms with E-state index in [-0.39, 0.29) is 0 Å². The molecule has 2 atom stereocenters. The zero-order valence-corrected chi connectivity index (χ0v) is 6.98. The highest BCUT2D eigenvalue weighted by Gasteiger charge is 2.23. The Balaban J connectivity index is 2.11. The van der Waals surface area contributed by atoms with E-state index < -0.39 is 0 Å². The Morgan fingerprint density at radius 3 is 2.83 bits per heavy atom. The first-order chi connectivity index (χ1) is 5.75. The molecule has 0 saturated heterocycles. The molecule has 4 nitrogen and oxygen atoms in total. The number of nitrogens with zero attached hydrogens (tertiary/aromatic N) is 2. The highest BCUT2D eigenvalue weighted by molar-refractivity contribution is 5.30. The van der Waals surface area contributed by atoms with Crippen LogP contribution in [-0.2, 0) is 0 Å². The smallest absolute Gasteiger partial charge is 0.0719 e. The minimum Gasteiger partial charge on any atom is -0.396 e. The minimum absolute atomic E-state index is 0.348. The second-order valence-corrected chi connectivity index (χ2v) is 3.48. The highest BCUT2D eigenvalue weighted by atomic mass is 15.3. The molecule has 1 aliphatic carbocycles. The van der Waals surface area contributed by atoms with Gasteiger partial charge < -0.3 is 11.5 Å². The molecular weight excluding hydrogens is 152 g/mol. The van der Waals surface area contributed by atoms with Crippen LogP contribution in [-0.4, -0.2) is 15.8 Å². The van der Waals surface area contributed by atoms with Crippen LogP contribution in [0.1, 0.15) is 25.3 Å². The maximum absolute atomic E-state index is 5.80. The summed E-state index contributed by atoms with van der Waals surface area (Å²) in [4.78, 5) is 0. The maximum Gasteiger partial charge on any atom is 0.0719 e. The second kappa shape index (κ2) is 2.79. The molecule has 1 aliphatic rings. The van der Waals surface area contributed by atoms with Gasteiger partial charge in [-0.2, -0.15) is 5.10 Å². The fraction of sp³-hybridized carbons (Fsp3) is 0.625. The van der Waals surface area contributed by atoms with Crippen LogP contribution in [0.2, 0.25) is 0 Å². The normalized spacial score (nSPS) is 29.4. The molecule has 1 fully saturated rings. The Kier molecular flexibility index (Phi) is 1.77. The zero-order valence-electron chi connectivity index (χ0n) is 6.98. The van der Waals surface area contributed by atoms with Crippen molar-refractivity contribution in [3.8, 4) is 0 Å². The van der Waals surface area contributed by atoms with Gasteiger partial charge in [-0.1, -0.05) is 0 Å². The summed E-state index contributed by atoms with van der Waals surface area (Å²) in [5, 5.41) is 4.17. The lowest BCUT2D eigenvalue weighted by Gasteiger charge is -2.08. The molecule has 1 aromatic rings. The summed E-state index contributed by atoms with van der Waals surface area (Å²) in [7, 11) is 0. The molecule has 1 saturated carbocycles. The van der Waals surface area contributed by atoms with E-state index in [0.29, 0.717) is 12.1 Å². The van der Waals surface area contributed by atoms with Crippen molar-refractivity contribution in [1.29, 1.82) is 0 Å². The van der Waals surface area contributed by atoms with Crippen LogP contribution < -0.4 is 11.5 Å². The third-order valence-electron chi connectivity index (χ3n) is 2.44. The van der Waals surface area contributed by atoms with Crippen molar-refractivity contribution >= 4 is 5.69 Å². The van der Waals surface area contributed by atoms with Gasteiger partial charge in [0, 0.05) is 12.2 Å². The van der Waals surface area contributed by atoms with Crippen LogP contribution in [0, 0.1) is 0 Å². The van der Waals surface area contributed by atoms with Gasteiger partial charge in [-0.3, -0.25) is 4.68 Å². The fourth-order valence-corrected chi connectivity index (χ4v) is 1.78. The molecule has 0 aliphatic heterocycles. The molecule has 1 heterocycles. The summed E-state index contributed by atoms with van der Waals surface area (Å²) < 4.78 is 1.93. The number of hydrogen-bond acceptors (Lipinski definition) is 3. The fourth-order valence-electron chi connectivity index (χ4n) is 1.78. The molecule has 4 N–H and O–H groups in total. The first-order valence-electron chi connectivity index (χ1n) is 4.31. The predicted molar refractivity (Wildman–Crippen MR) is 47.5 cm³/mol. The Hall–Kier alpha value is -1.03. The lowest BCUT2D eigenvalue weighted by Crippen LogP contribution is -2.16. The van der Waals surface area contributed by atoms with Gasteiger partial charge in [0.05, 0.1) is 17.9 Å². The van der Waals surface area contributed by atoms with Crippen molar-refractivity contribution < 1.29 is 0 Å². The summed E-state index contributed by atoms with van der Waals surface area (Å²) in [6.07, 6.45) is 6.82. The molecule has 12 heavy (non-hydrogen) atoms. The zero-order chi connectivity index (χ0) is 8.55. The van der Waals surface area contributed by atoms with Crippen molar-refractivity contribution in [2.75, 3.05) is 5.73 Å². The molecule has 0 spiro atoms. The van der Waals surface area contributed by atoms with Gasteiger partial charge in [-0.25, -0.2) is 0 Å². The maximum atomic E-state index is 5.80. The molecule has 66 valence electrons. The van der Waals surface area contributed by atoms with Crippen molar-refractivity contribution in [2.24, 2.45) is 5.73 Å². The summed E-state index contributed by atoms with van der Waals surface area (Å²) in [5.74, 6) is 0. The third-order valence-corrected chi connectivity index (χ3v) is 2.44. The summed E-state index contributed by atoms with van der Waals surface area (Å²) >= 11 is 0. The van der Waals surface area contributed by atoms with Crippen LogP contribution >= 0.6 is 0 Å². The van der Waals surface area contributed by atoms with Crippen molar-refractivity contribution in [3.05, 3.63) is 12.4 Å². The van der Waals surface area contributed by atoms with Crippen molar-refractivity contribution in [3.63, 3.8) is 0 Å². The topological polar surface area (TPSA) is 69.9 Å². The van der Waals surface area contributed by atoms with E-state index in [1.165, 1.54) is 0 Å². The van der Waals surface area contributed by atoms with E-state index in [1.807, 2.05) is 10.9 Å². The first-order valence-corrected chi connectivity index (χ1v) is 4.31. The Labute approximate surface area is 71.5 Å². The lowest BCUT2D eigenvalue weighted by atomic mass is 10.2. The lowest BCUT2D eigenvalue weighted by molar-refractivity contribution is 0.461. The molecule has 4 heteroatoms. The van der Waals surface area contributed by atoms with Crippen LogP contribution in [0.3, 0.4) is 0 Å². The van der Waals surface area contributed by atoms with E-state index >= 15 is 0 Å². The Bertz CT molecular complexity index is 268. The molecule has 0 bridgehead atoms. The van der Waals surface area contributed by atoms with Gasteiger partial charge in [0.2, 0.25) is 0 Å². The molecule has 0 radical (unpaired) electrons. The van der Waals surface area contributed by atoms with Crippen LogP contribution in [0.5, 0.6) is 0 Å². The number of nitrogens with two attached hydrogens (primary N) is 2. The highest BCUT2D eigenvalue weighted by Crippen LogP contribution is 2.28. The van der Waals surface area contributed by atoms with Gasteiger partial charge >= 0.3 is 0 Å². The summed E-state index contributed by atoms with van der Waals surface area (Å²) in [6.45, 7) is 0. The standard InChI is InChI=1S/C8H14N4/c9-6-1-2-8(3-6)12-5-7(10)4-11-12/h4-6,8H,1-3,9-10H2. The van der Waals surface area contributed by atoms with Crippen LogP contribution in [0.15, 0.2) is 12.4 Å². The first kappa shape index (κ1) is 7.61. The predicted octanol–water partition coefficient (Wildman–Crippen LogP) is 0.518. The van der Waals surface area contributed by atoms with E-state index in [0.717, 1.165) is 24.9 Å². The summed E-state index contributed by atoms with van der Waals surface area (Å²) in [5.41, 5.74) is 12.1. The Morgan fingerprint density at radius 1 is 1.50 bits per heavy atom. The largest absolute Gasteiger partial charge is 0.396 e. The number of aromatic nitrogens is 2. The van der Waals surface area contributed by atoms with Gasteiger partial charge in [0.1, 0.15) is 0 Å². The van der Waals surface area contributed by atoms with Gasteiger partial charge in [-0.15, -0.1) is 0 Å². The molecule has 0 aromatic carbocycles. The van der Waals surface area contributed by atoms with E-state index in [2.05, 4.69) is 5.10 Å². The third kappa shape index (κ3) is 1.30.